The fourth-order valence-corrected chi connectivity index (χ4v) is 2.17. The second kappa shape index (κ2) is 5.52. The number of hydrogen-bond donors (Lipinski definition) is 1. The van der Waals surface area contributed by atoms with Gasteiger partial charge in [-0.15, -0.1) is 0 Å². The molecule has 0 unspecified atom stereocenters. The second-order valence-corrected chi connectivity index (χ2v) is 5.17. The summed E-state index contributed by atoms with van der Waals surface area (Å²) >= 11 is 3.44. The number of aromatic nitrogens is 1. The average molecular weight is 327 g/mol. The molecule has 2 rings (SSSR count). The maximum absolute atomic E-state index is 5.83. The van der Waals surface area contributed by atoms with E-state index < -0.39 is 0 Å². The largest absolute Gasteiger partial charge is 0.493 e. The Balaban J connectivity index is 2.63. The van der Waals surface area contributed by atoms with E-state index in [1.807, 2.05) is 26.0 Å². The van der Waals surface area contributed by atoms with Gasteiger partial charge < -0.3 is 19.7 Å². The average Bonchev–Trinajstić information content (AvgIpc) is 2.76. The maximum atomic E-state index is 5.83. The van der Waals surface area contributed by atoms with Crippen molar-refractivity contribution < 1.29 is 14.0 Å². The van der Waals surface area contributed by atoms with E-state index in [1.54, 1.807) is 13.3 Å². The normalized spacial score (nSPS) is 10.8. The summed E-state index contributed by atoms with van der Waals surface area (Å²) in [5.41, 5.74) is 7.23. The van der Waals surface area contributed by atoms with Gasteiger partial charge in [-0.2, -0.15) is 0 Å². The van der Waals surface area contributed by atoms with Crippen molar-refractivity contribution in [2.75, 3.05) is 12.8 Å². The highest BCUT2D eigenvalue weighted by Crippen LogP contribution is 2.43. The van der Waals surface area contributed by atoms with Crippen molar-refractivity contribution in [3.63, 3.8) is 0 Å². The number of rotatable bonds is 4. The lowest BCUT2D eigenvalue weighted by molar-refractivity contribution is 0.231. The minimum Gasteiger partial charge on any atom is -0.493 e. The second-order valence-electron chi connectivity index (χ2n) is 4.26. The molecule has 1 aromatic carbocycles. The first-order valence-corrected chi connectivity index (χ1v) is 6.57. The van der Waals surface area contributed by atoms with Gasteiger partial charge >= 0.3 is 0 Å². The lowest BCUT2D eigenvalue weighted by Crippen LogP contribution is -2.08. The minimum absolute atomic E-state index is 0.00918. The monoisotopic (exact) mass is 326 g/mol. The SMILES string of the molecule is COc1cc(Br)cc(-c2cnoc2N)c1OC(C)C. The van der Waals surface area contributed by atoms with Crippen LogP contribution >= 0.6 is 15.9 Å². The van der Waals surface area contributed by atoms with Gasteiger partial charge in [-0.1, -0.05) is 21.1 Å². The molecule has 0 spiro atoms. The van der Waals surface area contributed by atoms with Crippen LogP contribution in [0.2, 0.25) is 0 Å². The molecule has 102 valence electrons. The van der Waals surface area contributed by atoms with Crippen LogP contribution in [0.3, 0.4) is 0 Å². The molecule has 0 amide bonds. The van der Waals surface area contributed by atoms with Gasteiger partial charge in [-0.3, -0.25) is 0 Å². The number of benzene rings is 1. The van der Waals surface area contributed by atoms with Crippen molar-refractivity contribution in [2.45, 2.75) is 20.0 Å². The van der Waals surface area contributed by atoms with E-state index >= 15 is 0 Å². The van der Waals surface area contributed by atoms with Crippen LogP contribution in [-0.2, 0) is 0 Å². The lowest BCUT2D eigenvalue weighted by atomic mass is 10.1. The van der Waals surface area contributed by atoms with E-state index in [0.717, 1.165) is 10.0 Å². The molecular weight excluding hydrogens is 312 g/mol. The summed E-state index contributed by atoms with van der Waals surface area (Å²) in [6.45, 7) is 3.89. The van der Waals surface area contributed by atoms with Crippen LogP contribution in [-0.4, -0.2) is 18.4 Å². The number of hydrogen-bond acceptors (Lipinski definition) is 5. The molecule has 0 radical (unpaired) electrons. The molecule has 2 N–H and O–H groups in total. The van der Waals surface area contributed by atoms with Crippen molar-refractivity contribution in [3.8, 4) is 22.6 Å². The number of anilines is 1. The van der Waals surface area contributed by atoms with E-state index in [9.17, 15) is 0 Å². The van der Waals surface area contributed by atoms with Gasteiger partial charge in [0, 0.05) is 10.0 Å². The zero-order valence-electron chi connectivity index (χ0n) is 10.9. The summed E-state index contributed by atoms with van der Waals surface area (Å²) in [6, 6.07) is 3.73. The lowest BCUT2D eigenvalue weighted by Gasteiger charge is -2.17. The number of methoxy groups -OCH3 is 1. The molecule has 1 heterocycles. The maximum Gasteiger partial charge on any atom is 0.230 e. The molecule has 0 saturated heterocycles. The predicted molar refractivity (Wildman–Crippen MR) is 76.4 cm³/mol. The Bertz CT molecular complexity index is 581. The van der Waals surface area contributed by atoms with Gasteiger partial charge in [-0.25, -0.2) is 0 Å². The van der Waals surface area contributed by atoms with E-state index in [0.29, 0.717) is 17.1 Å². The number of nitrogens with zero attached hydrogens (tertiary/aromatic N) is 1. The van der Waals surface area contributed by atoms with Crippen LogP contribution in [0.5, 0.6) is 11.5 Å². The van der Waals surface area contributed by atoms with E-state index in [1.165, 1.54) is 0 Å². The molecule has 0 atom stereocenters. The quantitative estimate of drug-likeness (QED) is 0.931. The summed E-state index contributed by atoms with van der Waals surface area (Å²) in [7, 11) is 1.59. The zero-order chi connectivity index (χ0) is 14.0. The van der Waals surface area contributed by atoms with Crippen molar-refractivity contribution >= 4 is 21.8 Å². The molecule has 0 aliphatic carbocycles. The number of nitrogen functional groups attached to an aromatic ring is 1. The van der Waals surface area contributed by atoms with Gasteiger partial charge in [0.15, 0.2) is 11.5 Å². The first kappa shape index (κ1) is 13.7. The molecule has 0 aliphatic rings. The number of ether oxygens (including phenoxy) is 2. The Labute approximate surface area is 119 Å². The predicted octanol–water partition coefficient (Wildman–Crippen LogP) is 3.48. The molecule has 19 heavy (non-hydrogen) atoms. The summed E-state index contributed by atoms with van der Waals surface area (Å²) in [5.74, 6) is 1.49. The highest BCUT2D eigenvalue weighted by atomic mass is 79.9. The third kappa shape index (κ3) is 2.84. The highest BCUT2D eigenvalue weighted by Gasteiger charge is 2.19. The van der Waals surface area contributed by atoms with E-state index in [4.69, 9.17) is 19.7 Å². The molecule has 0 saturated carbocycles. The summed E-state index contributed by atoms with van der Waals surface area (Å²) in [5, 5.41) is 3.69. The van der Waals surface area contributed by atoms with E-state index in [-0.39, 0.29) is 12.0 Å². The van der Waals surface area contributed by atoms with Gasteiger partial charge in [0.1, 0.15) is 0 Å². The van der Waals surface area contributed by atoms with Crippen molar-refractivity contribution in [1.29, 1.82) is 0 Å². The highest BCUT2D eigenvalue weighted by molar-refractivity contribution is 9.10. The Morgan fingerprint density at radius 1 is 1.32 bits per heavy atom. The third-order valence-corrected chi connectivity index (χ3v) is 2.94. The fourth-order valence-electron chi connectivity index (χ4n) is 1.73. The topological polar surface area (TPSA) is 70.5 Å². The molecule has 0 fully saturated rings. The smallest absolute Gasteiger partial charge is 0.230 e. The Hall–Kier alpha value is -1.69. The molecule has 0 aliphatic heterocycles. The van der Waals surface area contributed by atoms with Crippen LogP contribution < -0.4 is 15.2 Å². The van der Waals surface area contributed by atoms with E-state index in [2.05, 4.69) is 21.1 Å². The first-order valence-electron chi connectivity index (χ1n) is 5.77. The standard InChI is InChI=1S/C13H15BrN2O3/c1-7(2)18-12-9(10-6-16-19-13(10)15)4-8(14)5-11(12)17-3/h4-7H,15H2,1-3H3. The summed E-state index contributed by atoms with van der Waals surface area (Å²) in [6.07, 6.45) is 1.57. The minimum atomic E-state index is 0.00918. The molecule has 6 heteroatoms. The van der Waals surface area contributed by atoms with Crippen LogP contribution in [0.1, 0.15) is 13.8 Å². The molecule has 2 aromatic rings. The van der Waals surface area contributed by atoms with Gasteiger partial charge in [0.2, 0.25) is 5.88 Å². The van der Waals surface area contributed by atoms with Crippen molar-refractivity contribution in [1.82, 2.24) is 5.16 Å². The third-order valence-electron chi connectivity index (χ3n) is 2.48. The van der Waals surface area contributed by atoms with Crippen LogP contribution in [0.25, 0.3) is 11.1 Å². The summed E-state index contributed by atoms with van der Waals surface area (Å²) < 4.78 is 17.0. The Morgan fingerprint density at radius 3 is 2.58 bits per heavy atom. The van der Waals surface area contributed by atoms with Gasteiger partial charge in [0.25, 0.3) is 0 Å². The zero-order valence-corrected chi connectivity index (χ0v) is 12.5. The molecule has 0 bridgehead atoms. The van der Waals surface area contributed by atoms with Gasteiger partial charge in [0.05, 0.1) is 25.0 Å². The van der Waals surface area contributed by atoms with Crippen LogP contribution in [0, 0.1) is 0 Å². The van der Waals surface area contributed by atoms with Crippen LogP contribution in [0.4, 0.5) is 5.88 Å². The van der Waals surface area contributed by atoms with Crippen molar-refractivity contribution in [2.24, 2.45) is 0 Å². The fraction of sp³-hybridized carbons (Fsp3) is 0.308. The molecular formula is C13H15BrN2O3. The molecule has 1 aromatic heterocycles. The number of nitrogens with two attached hydrogens (primary N) is 1. The Morgan fingerprint density at radius 2 is 2.05 bits per heavy atom. The Kier molecular flexibility index (Phi) is 3.99. The number of halogens is 1. The van der Waals surface area contributed by atoms with Crippen molar-refractivity contribution in [3.05, 3.63) is 22.8 Å². The molecule has 5 nitrogen and oxygen atoms in total. The van der Waals surface area contributed by atoms with Crippen LogP contribution in [0.15, 0.2) is 27.3 Å². The first-order chi connectivity index (χ1) is 9.02. The van der Waals surface area contributed by atoms with Gasteiger partial charge in [-0.05, 0) is 26.0 Å². The summed E-state index contributed by atoms with van der Waals surface area (Å²) in [4.78, 5) is 0.